The Morgan fingerprint density at radius 2 is 2.04 bits per heavy atom. The van der Waals surface area contributed by atoms with E-state index in [1.54, 1.807) is 12.4 Å². The average Bonchev–Trinajstić information content (AvgIpc) is 3.36. The molecule has 0 spiro atoms. The number of rotatable bonds is 4. The number of hydrogen-bond donors (Lipinski definition) is 1. The second-order valence-electron chi connectivity index (χ2n) is 7.29. The molecule has 1 saturated heterocycles. The van der Waals surface area contributed by atoms with Crippen molar-refractivity contribution in [2.75, 3.05) is 18.4 Å². The number of nitrogens with zero attached hydrogens (tertiary/aromatic N) is 4. The highest BCUT2D eigenvalue weighted by molar-refractivity contribution is 5.89. The second-order valence-corrected chi connectivity index (χ2v) is 7.29. The molecule has 3 heterocycles. The van der Waals surface area contributed by atoms with Crippen LogP contribution < -0.4 is 5.32 Å². The molecule has 28 heavy (non-hydrogen) atoms. The number of carbonyl (C=O) groups excluding carboxylic acids is 1. The van der Waals surface area contributed by atoms with Crippen LogP contribution in [-0.4, -0.2) is 39.1 Å². The van der Waals surface area contributed by atoms with Gasteiger partial charge in [0.15, 0.2) is 5.82 Å². The number of anilines is 1. The molecule has 1 atom stereocenters. The zero-order chi connectivity index (χ0) is 19.5. The minimum Gasteiger partial charge on any atom is -0.334 e. The predicted molar refractivity (Wildman–Crippen MR) is 106 cm³/mol. The van der Waals surface area contributed by atoms with Gasteiger partial charge >= 0.3 is 6.03 Å². The summed E-state index contributed by atoms with van der Waals surface area (Å²) >= 11 is 0. The fraction of sp³-hybridized carbons (Fsp3) is 0.333. The van der Waals surface area contributed by atoms with Crippen LogP contribution in [0.15, 0.2) is 47.2 Å². The molecule has 144 valence electrons. The molecule has 4 rings (SSSR count). The molecule has 1 fully saturated rings. The van der Waals surface area contributed by atoms with E-state index in [1.807, 2.05) is 42.2 Å². The monoisotopic (exact) mass is 377 g/mol. The SMILES string of the molecule is Cc1ccc(NC(=O)N2CCC(Cc3noc(-c4ccncc4)n3)C2)cc1C. The fourth-order valence-corrected chi connectivity index (χ4v) is 3.41. The number of carbonyl (C=O) groups is 1. The van der Waals surface area contributed by atoms with Crippen LogP contribution >= 0.6 is 0 Å². The van der Waals surface area contributed by atoms with Gasteiger partial charge in [0.2, 0.25) is 0 Å². The van der Waals surface area contributed by atoms with E-state index in [-0.39, 0.29) is 6.03 Å². The number of nitrogens with one attached hydrogen (secondary N) is 1. The van der Waals surface area contributed by atoms with Crippen LogP contribution in [0.3, 0.4) is 0 Å². The molecule has 0 aliphatic carbocycles. The molecule has 1 aliphatic rings. The Labute approximate surface area is 163 Å². The zero-order valence-corrected chi connectivity index (χ0v) is 16.1. The largest absolute Gasteiger partial charge is 0.334 e. The van der Waals surface area contributed by atoms with Gasteiger partial charge in [0.05, 0.1) is 0 Å². The van der Waals surface area contributed by atoms with E-state index in [9.17, 15) is 4.79 Å². The van der Waals surface area contributed by atoms with Gasteiger partial charge in [-0.05, 0) is 61.6 Å². The standard InChI is InChI=1S/C21H23N5O2/c1-14-3-4-18(11-15(14)2)23-21(27)26-10-7-16(13-26)12-19-24-20(28-25-19)17-5-8-22-9-6-17/h3-6,8-9,11,16H,7,10,12-13H2,1-2H3,(H,23,27). The quantitative estimate of drug-likeness (QED) is 0.747. The van der Waals surface area contributed by atoms with Gasteiger partial charge in [-0.2, -0.15) is 4.98 Å². The van der Waals surface area contributed by atoms with Crippen LogP contribution in [0.1, 0.15) is 23.4 Å². The van der Waals surface area contributed by atoms with Gasteiger partial charge in [-0.15, -0.1) is 0 Å². The lowest BCUT2D eigenvalue weighted by atomic mass is 10.1. The van der Waals surface area contributed by atoms with Crippen LogP contribution in [0.4, 0.5) is 10.5 Å². The maximum absolute atomic E-state index is 12.6. The molecule has 2 aromatic heterocycles. The van der Waals surface area contributed by atoms with Crippen molar-refractivity contribution in [3.63, 3.8) is 0 Å². The van der Waals surface area contributed by atoms with Gasteiger partial charge in [0.1, 0.15) is 0 Å². The topological polar surface area (TPSA) is 84.2 Å². The van der Waals surface area contributed by atoms with Crippen LogP contribution in [0, 0.1) is 19.8 Å². The molecule has 2 amide bonds. The summed E-state index contributed by atoms with van der Waals surface area (Å²) in [6, 6.07) is 9.58. The smallest absolute Gasteiger partial charge is 0.321 e. The highest BCUT2D eigenvalue weighted by Crippen LogP contribution is 2.23. The molecule has 1 aliphatic heterocycles. The van der Waals surface area contributed by atoms with Crippen LogP contribution in [0.25, 0.3) is 11.5 Å². The van der Waals surface area contributed by atoms with E-state index >= 15 is 0 Å². The van der Waals surface area contributed by atoms with Gasteiger partial charge < -0.3 is 14.7 Å². The number of aryl methyl sites for hydroxylation is 2. The Bertz CT molecular complexity index is 970. The molecule has 1 unspecified atom stereocenters. The maximum atomic E-state index is 12.6. The highest BCUT2D eigenvalue weighted by atomic mass is 16.5. The predicted octanol–water partition coefficient (Wildman–Crippen LogP) is 3.84. The summed E-state index contributed by atoms with van der Waals surface area (Å²) in [5, 5.41) is 7.08. The molecule has 0 saturated carbocycles. The van der Waals surface area contributed by atoms with Crippen molar-refractivity contribution in [1.29, 1.82) is 0 Å². The number of hydrogen-bond acceptors (Lipinski definition) is 5. The summed E-state index contributed by atoms with van der Waals surface area (Å²) in [6.07, 6.45) is 5.02. The molecule has 7 heteroatoms. The van der Waals surface area contributed by atoms with Gasteiger partial charge in [0.25, 0.3) is 5.89 Å². The van der Waals surface area contributed by atoms with Crippen LogP contribution in [0.5, 0.6) is 0 Å². The van der Waals surface area contributed by atoms with Crippen molar-refractivity contribution < 1.29 is 9.32 Å². The summed E-state index contributed by atoms with van der Waals surface area (Å²) in [6.45, 7) is 5.53. The average molecular weight is 377 g/mol. The third-order valence-corrected chi connectivity index (χ3v) is 5.20. The van der Waals surface area contributed by atoms with Crippen molar-refractivity contribution in [3.8, 4) is 11.5 Å². The third-order valence-electron chi connectivity index (χ3n) is 5.20. The van der Waals surface area contributed by atoms with E-state index in [0.717, 1.165) is 24.2 Å². The normalized spacial score (nSPS) is 16.4. The lowest BCUT2D eigenvalue weighted by Gasteiger charge is -2.17. The molecule has 3 aromatic rings. The summed E-state index contributed by atoms with van der Waals surface area (Å²) in [5.74, 6) is 1.50. The van der Waals surface area contributed by atoms with Crippen molar-refractivity contribution in [1.82, 2.24) is 20.0 Å². The second kappa shape index (κ2) is 7.80. The van der Waals surface area contributed by atoms with E-state index in [1.165, 1.54) is 11.1 Å². The number of likely N-dealkylation sites (tertiary alicyclic amines) is 1. The maximum Gasteiger partial charge on any atom is 0.321 e. The number of benzene rings is 1. The van der Waals surface area contributed by atoms with Gasteiger partial charge in [0, 0.05) is 43.2 Å². The van der Waals surface area contributed by atoms with E-state index in [4.69, 9.17) is 4.52 Å². The lowest BCUT2D eigenvalue weighted by Crippen LogP contribution is -2.33. The van der Waals surface area contributed by atoms with E-state index in [0.29, 0.717) is 30.6 Å². The minimum absolute atomic E-state index is 0.0589. The van der Waals surface area contributed by atoms with E-state index < -0.39 is 0 Å². The number of pyridine rings is 1. The third kappa shape index (κ3) is 4.03. The van der Waals surface area contributed by atoms with Crippen molar-refractivity contribution in [2.45, 2.75) is 26.7 Å². The van der Waals surface area contributed by atoms with Crippen molar-refractivity contribution in [2.24, 2.45) is 5.92 Å². The van der Waals surface area contributed by atoms with Crippen LogP contribution in [0.2, 0.25) is 0 Å². The van der Waals surface area contributed by atoms with E-state index in [2.05, 4.69) is 27.4 Å². The summed E-state index contributed by atoms with van der Waals surface area (Å²) < 4.78 is 5.35. The summed E-state index contributed by atoms with van der Waals surface area (Å²) in [7, 11) is 0. The molecule has 1 aromatic carbocycles. The first-order chi connectivity index (χ1) is 13.6. The zero-order valence-electron chi connectivity index (χ0n) is 16.1. The lowest BCUT2D eigenvalue weighted by molar-refractivity contribution is 0.220. The molecule has 1 N–H and O–H groups in total. The number of aromatic nitrogens is 3. The Hall–Kier alpha value is -3.22. The molecule has 7 nitrogen and oxygen atoms in total. The van der Waals surface area contributed by atoms with Gasteiger partial charge in [-0.25, -0.2) is 4.79 Å². The van der Waals surface area contributed by atoms with Crippen molar-refractivity contribution >= 4 is 11.7 Å². The first kappa shape index (κ1) is 18.2. The van der Waals surface area contributed by atoms with Crippen LogP contribution in [-0.2, 0) is 6.42 Å². The first-order valence-corrected chi connectivity index (χ1v) is 9.44. The molecule has 0 radical (unpaired) electrons. The molecule has 0 bridgehead atoms. The fourth-order valence-electron chi connectivity index (χ4n) is 3.41. The number of amides is 2. The number of urea groups is 1. The van der Waals surface area contributed by atoms with Crippen molar-refractivity contribution in [3.05, 3.63) is 59.7 Å². The Balaban J connectivity index is 1.33. The Morgan fingerprint density at radius 3 is 2.82 bits per heavy atom. The Morgan fingerprint density at radius 1 is 1.21 bits per heavy atom. The minimum atomic E-state index is -0.0589. The summed E-state index contributed by atoms with van der Waals surface area (Å²) in [5.41, 5.74) is 4.07. The highest BCUT2D eigenvalue weighted by Gasteiger charge is 2.27. The molecular weight excluding hydrogens is 354 g/mol. The Kier molecular flexibility index (Phi) is 5.06. The summed E-state index contributed by atoms with van der Waals surface area (Å²) in [4.78, 5) is 22.9. The first-order valence-electron chi connectivity index (χ1n) is 9.44. The molecular formula is C21H23N5O2. The van der Waals surface area contributed by atoms with Gasteiger partial charge in [-0.1, -0.05) is 11.2 Å². The van der Waals surface area contributed by atoms with Gasteiger partial charge in [-0.3, -0.25) is 4.98 Å².